The third-order valence-electron chi connectivity index (χ3n) is 5.62. The van der Waals surface area contributed by atoms with Gasteiger partial charge in [0.1, 0.15) is 0 Å². The van der Waals surface area contributed by atoms with Crippen molar-refractivity contribution < 1.29 is 0 Å². The molecule has 3 rings (SSSR count). The van der Waals surface area contributed by atoms with Gasteiger partial charge in [0.25, 0.3) is 0 Å². The number of benzene rings is 1. The maximum atomic E-state index is 6.20. The molecule has 2 nitrogen and oxygen atoms in total. The molecule has 1 aromatic rings. The summed E-state index contributed by atoms with van der Waals surface area (Å²) < 4.78 is 0. The number of nitrogens with two attached hydrogens (primary N) is 1. The standard InChI is InChI=1S/C18H28N2/c1-15-5-4-6-16(13-15)18(14-19)9-11-20(12-10-18)17-7-2-3-8-17/h4-6,13,17H,2-3,7-12,14,19H2,1H3. The lowest BCUT2D eigenvalue weighted by Crippen LogP contribution is -2.49. The second-order valence-electron chi connectivity index (χ2n) is 6.83. The van der Waals surface area contributed by atoms with E-state index in [1.807, 2.05) is 0 Å². The highest BCUT2D eigenvalue weighted by Gasteiger charge is 2.37. The predicted octanol–water partition coefficient (Wildman–Crippen LogP) is 3.23. The topological polar surface area (TPSA) is 29.3 Å². The molecule has 1 saturated carbocycles. The van der Waals surface area contributed by atoms with E-state index in [1.54, 1.807) is 0 Å². The fourth-order valence-electron chi connectivity index (χ4n) is 4.17. The SMILES string of the molecule is Cc1cccc(C2(CN)CCN(C3CCCC3)CC2)c1. The summed E-state index contributed by atoms with van der Waals surface area (Å²) in [6.07, 6.45) is 8.15. The van der Waals surface area contributed by atoms with Gasteiger partial charge in [0.05, 0.1) is 0 Å². The number of hydrogen-bond donors (Lipinski definition) is 1. The Morgan fingerprint density at radius 2 is 1.90 bits per heavy atom. The normalized spacial score (nSPS) is 24.1. The summed E-state index contributed by atoms with van der Waals surface area (Å²) in [6, 6.07) is 9.86. The van der Waals surface area contributed by atoms with Crippen molar-refractivity contribution in [3.05, 3.63) is 35.4 Å². The Morgan fingerprint density at radius 3 is 2.50 bits per heavy atom. The van der Waals surface area contributed by atoms with Crippen LogP contribution in [0, 0.1) is 6.92 Å². The summed E-state index contributed by atoms with van der Waals surface area (Å²) in [5.41, 5.74) is 9.24. The third-order valence-corrected chi connectivity index (χ3v) is 5.62. The molecular weight excluding hydrogens is 244 g/mol. The Labute approximate surface area is 123 Å². The largest absolute Gasteiger partial charge is 0.330 e. The van der Waals surface area contributed by atoms with E-state index in [2.05, 4.69) is 36.1 Å². The van der Waals surface area contributed by atoms with Crippen LogP contribution in [-0.4, -0.2) is 30.6 Å². The molecule has 0 unspecified atom stereocenters. The van der Waals surface area contributed by atoms with Crippen molar-refractivity contribution in [2.24, 2.45) is 5.73 Å². The summed E-state index contributed by atoms with van der Waals surface area (Å²) in [4.78, 5) is 2.73. The fourth-order valence-corrected chi connectivity index (χ4v) is 4.17. The number of piperidine rings is 1. The highest BCUT2D eigenvalue weighted by molar-refractivity contribution is 5.31. The van der Waals surface area contributed by atoms with Gasteiger partial charge in [-0.05, 0) is 51.3 Å². The highest BCUT2D eigenvalue weighted by Crippen LogP contribution is 2.37. The van der Waals surface area contributed by atoms with Crippen molar-refractivity contribution >= 4 is 0 Å². The van der Waals surface area contributed by atoms with Gasteiger partial charge in [-0.1, -0.05) is 42.7 Å². The molecule has 2 heteroatoms. The molecule has 2 N–H and O–H groups in total. The Kier molecular flexibility index (Phi) is 4.13. The summed E-state index contributed by atoms with van der Waals surface area (Å²) in [5.74, 6) is 0. The summed E-state index contributed by atoms with van der Waals surface area (Å²) in [5, 5.41) is 0. The average molecular weight is 272 g/mol. The molecule has 0 radical (unpaired) electrons. The van der Waals surface area contributed by atoms with Crippen LogP contribution in [0.2, 0.25) is 0 Å². The molecule has 0 spiro atoms. The molecule has 2 fully saturated rings. The van der Waals surface area contributed by atoms with Crippen LogP contribution >= 0.6 is 0 Å². The minimum absolute atomic E-state index is 0.223. The van der Waals surface area contributed by atoms with Crippen LogP contribution in [0.3, 0.4) is 0 Å². The molecule has 1 saturated heterocycles. The minimum atomic E-state index is 0.223. The minimum Gasteiger partial charge on any atom is -0.330 e. The van der Waals surface area contributed by atoms with Gasteiger partial charge >= 0.3 is 0 Å². The zero-order valence-corrected chi connectivity index (χ0v) is 12.8. The molecule has 2 aliphatic rings. The lowest BCUT2D eigenvalue weighted by molar-refractivity contribution is 0.118. The number of nitrogens with zero attached hydrogens (tertiary/aromatic N) is 1. The van der Waals surface area contributed by atoms with Crippen LogP contribution in [0.4, 0.5) is 0 Å². The van der Waals surface area contributed by atoms with Crippen LogP contribution in [0.5, 0.6) is 0 Å². The zero-order valence-electron chi connectivity index (χ0n) is 12.8. The lowest BCUT2D eigenvalue weighted by atomic mass is 9.72. The molecule has 0 atom stereocenters. The van der Waals surface area contributed by atoms with E-state index >= 15 is 0 Å². The second-order valence-corrected chi connectivity index (χ2v) is 6.83. The first-order valence-corrected chi connectivity index (χ1v) is 8.25. The predicted molar refractivity (Wildman–Crippen MR) is 85.0 cm³/mol. The highest BCUT2D eigenvalue weighted by atomic mass is 15.2. The Hall–Kier alpha value is -0.860. The van der Waals surface area contributed by atoms with Crippen LogP contribution in [0.1, 0.15) is 49.7 Å². The van der Waals surface area contributed by atoms with Crippen molar-refractivity contribution in [3.63, 3.8) is 0 Å². The van der Waals surface area contributed by atoms with E-state index in [1.165, 1.54) is 62.7 Å². The van der Waals surface area contributed by atoms with Gasteiger partial charge < -0.3 is 10.6 Å². The summed E-state index contributed by atoms with van der Waals surface area (Å²) >= 11 is 0. The van der Waals surface area contributed by atoms with Crippen molar-refractivity contribution in [2.45, 2.75) is 56.9 Å². The number of likely N-dealkylation sites (tertiary alicyclic amines) is 1. The van der Waals surface area contributed by atoms with E-state index in [-0.39, 0.29) is 5.41 Å². The second kappa shape index (κ2) is 5.87. The van der Waals surface area contributed by atoms with E-state index in [4.69, 9.17) is 5.73 Å². The van der Waals surface area contributed by atoms with Gasteiger partial charge in [-0.25, -0.2) is 0 Å². The van der Waals surface area contributed by atoms with Crippen molar-refractivity contribution in [1.82, 2.24) is 4.90 Å². The smallest absolute Gasteiger partial charge is 0.00999 e. The first-order valence-electron chi connectivity index (χ1n) is 8.25. The maximum absolute atomic E-state index is 6.20. The zero-order chi connectivity index (χ0) is 14.0. The Bertz CT molecular complexity index is 440. The van der Waals surface area contributed by atoms with E-state index in [0.29, 0.717) is 0 Å². The number of hydrogen-bond acceptors (Lipinski definition) is 2. The molecule has 1 aromatic carbocycles. The Morgan fingerprint density at radius 1 is 1.20 bits per heavy atom. The van der Waals surface area contributed by atoms with E-state index in [0.717, 1.165) is 12.6 Å². The van der Waals surface area contributed by atoms with Gasteiger partial charge in [0, 0.05) is 18.0 Å². The Balaban J connectivity index is 1.72. The first-order chi connectivity index (χ1) is 9.73. The summed E-state index contributed by atoms with van der Waals surface area (Å²) in [7, 11) is 0. The molecular formula is C18H28N2. The van der Waals surface area contributed by atoms with Crippen LogP contribution in [-0.2, 0) is 5.41 Å². The molecule has 0 aromatic heterocycles. The molecule has 1 heterocycles. The number of rotatable bonds is 3. The molecule has 0 bridgehead atoms. The van der Waals surface area contributed by atoms with Crippen LogP contribution in [0.15, 0.2) is 24.3 Å². The van der Waals surface area contributed by atoms with Crippen molar-refractivity contribution in [2.75, 3.05) is 19.6 Å². The lowest BCUT2D eigenvalue weighted by Gasteiger charge is -2.44. The van der Waals surface area contributed by atoms with Gasteiger partial charge in [0.15, 0.2) is 0 Å². The monoisotopic (exact) mass is 272 g/mol. The van der Waals surface area contributed by atoms with E-state index < -0.39 is 0 Å². The number of aryl methyl sites for hydroxylation is 1. The average Bonchev–Trinajstić information content (AvgIpc) is 3.01. The van der Waals surface area contributed by atoms with E-state index in [9.17, 15) is 0 Å². The third kappa shape index (κ3) is 2.64. The van der Waals surface area contributed by atoms with Crippen molar-refractivity contribution in [3.8, 4) is 0 Å². The molecule has 20 heavy (non-hydrogen) atoms. The van der Waals surface area contributed by atoms with Gasteiger partial charge in [-0.3, -0.25) is 0 Å². The quantitative estimate of drug-likeness (QED) is 0.915. The van der Waals surface area contributed by atoms with Gasteiger partial charge in [0.2, 0.25) is 0 Å². The molecule has 1 aliphatic heterocycles. The van der Waals surface area contributed by atoms with Gasteiger partial charge in [-0.2, -0.15) is 0 Å². The van der Waals surface area contributed by atoms with Crippen LogP contribution in [0.25, 0.3) is 0 Å². The first kappa shape index (κ1) is 14.1. The summed E-state index contributed by atoms with van der Waals surface area (Å²) in [6.45, 7) is 5.43. The fraction of sp³-hybridized carbons (Fsp3) is 0.667. The molecule has 1 aliphatic carbocycles. The van der Waals surface area contributed by atoms with Gasteiger partial charge in [-0.15, -0.1) is 0 Å². The van der Waals surface area contributed by atoms with Crippen LogP contribution < -0.4 is 5.73 Å². The maximum Gasteiger partial charge on any atom is 0.00999 e. The molecule has 0 amide bonds. The molecule has 110 valence electrons. The van der Waals surface area contributed by atoms with Crippen molar-refractivity contribution in [1.29, 1.82) is 0 Å².